The van der Waals surface area contributed by atoms with Crippen molar-refractivity contribution in [3.63, 3.8) is 0 Å². The SMILES string of the molecule is Cc1ccsc1/C=N/NC(=O)CC1Sc2ccccc2NC1=O. The molecule has 0 aliphatic carbocycles. The van der Waals surface area contributed by atoms with Crippen molar-refractivity contribution in [2.45, 2.75) is 23.5 Å². The van der Waals surface area contributed by atoms with Crippen LogP contribution in [0, 0.1) is 6.92 Å². The number of hydrogen-bond donors (Lipinski definition) is 2. The highest BCUT2D eigenvalue weighted by atomic mass is 32.2. The molecule has 5 nitrogen and oxygen atoms in total. The smallest absolute Gasteiger partial charge is 0.241 e. The van der Waals surface area contributed by atoms with Gasteiger partial charge in [0.2, 0.25) is 11.8 Å². The predicted molar refractivity (Wildman–Crippen MR) is 94.1 cm³/mol. The van der Waals surface area contributed by atoms with Crippen LogP contribution >= 0.6 is 23.1 Å². The first kappa shape index (κ1) is 15.8. The Labute approximate surface area is 142 Å². The number of amides is 2. The van der Waals surface area contributed by atoms with Crippen molar-refractivity contribution >= 4 is 46.8 Å². The Bertz CT molecular complexity index is 770. The Balaban J connectivity index is 1.57. The van der Waals surface area contributed by atoms with Crippen LogP contribution < -0.4 is 10.7 Å². The van der Waals surface area contributed by atoms with Crippen LogP contribution in [0.4, 0.5) is 5.69 Å². The molecule has 1 unspecified atom stereocenters. The molecular formula is C16H15N3O2S2. The number of para-hydroxylation sites is 1. The Hall–Kier alpha value is -2.12. The molecule has 3 rings (SSSR count). The summed E-state index contributed by atoms with van der Waals surface area (Å²) in [5.41, 5.74) is 4.40. The number of fused-ring (bicyclic) bond motifs is 1. The molecule has 0 spiro atoms. The molecule has 2 aromatic rings. The highest BCUT2D eigenvalue weighted by molar-refractivity contribution is 8.01. The molecular weight excluding hydrogens is 330 g/mol. The third-order valence-electron chi connectivity index (χ3n) is 3.35. The molecule has 0 fully saturated rings. The molecule has 7 heteroatoms. The van der Waals surface area contributed by atoms with Gasteiger partial charge in [0.25, 0.3) is 0 Å². The van der Waals surface area contributed by atoms with Gasteiger partial charge in [-0.15, -0.1) is 23.1 Å². The van der Waals surface area contributed by atoms with E-state index >= 15 is 0 Å². The van der Waals surface area contributed by atoms with Gasteiger partial charge in [-0.2, -0.15) is 5.10 Å². The zero-order valence-corrected chi connectivity index (χ0v) is 14.0. The lowest BCUT2D eigenvalue weighted by atomic mass is 10.2. The maximum atomic E-state index is 12.0. The summed E-state index contributed by atoms with van der Waals surface area (Å²) in [6.07, 6.45) is 1.72. The van der Waals surface area contributed by atoms with Crippen LogP contribution in [0.1, 0.15) is 16.9 Å². The summed E-state index contributed by atoms with van der Waals surface area (Å²) < 4.78 is 0. The lowest BCUT2D eigenvalue weighted by Gasteiger charge is -2.23. The standard InChI is InChI=1S/C16H15N3O2S2/c1-10-6-7-22-14(10)9-17-19-15(20)8-13-16(21)18-11-4-2-3-5-12(11)23-13/h2-7,9,13H,8H2,1H3,(H,18,21)(H,19,20)/b17-9+. The minimum Gasteiger partial charge on any atom is -0.324 e. The number of hydrazone groups is 1. The fourth-order valence-corrected chi connectivity index (χ4v) is 4.02. The average Bonchev–Trinajstić information content (AvgIpc) is 2.93. The fourth-order valence-electron chi connectivity index (χ4n) is 2.12. The first-order valence-electron chi connectivity index (χ1n) is 7.06. The summed E-state index contributed by atoms with van der Waals surface area (Å²) in [6.45, 7) is 1.99. The molecule has 2 heterocycles. The second-order valence-corrected chi connectivity index (χ2v) is 7.25. The Morgan fingerprint density at radius 2 is 2.22 bits per heavy atom. The summed E-state index contributed by atoms with van der Waals surface area (Å²) in [4.78, 5) is 26.0. The van der Waals surface area contributed by atoms with E-state index in [1.807, 2.05) is 42.6 Å². The topological polar surface area (TPSA) is 70.6 Å². The van der Waals surface area contributed by atoms with Gasteiger partial charge in [0.05, 0.1) is 17.2 Å². The van der Waals surface area contributed by atoms with Crippen molar-refractivity contribution in [3.05, 3.63) is 46.2 Å². The molecule has 0 bridgehead atoms. The third-order valence-corrected chi connectivity index (χ3v) is 5.58. The zero-order chi connectivity index (χ0) is 16.2. The van der Waals surface area contributed by atoms with Gasteiger partial charge in [-0.1, -0.05) is 12.1 Å². The monoisotopic (exact) mass is 345 g/mol. The van der Waals surface area contributed by atoms with Gasteiger partial charge in [-0.3, -0.25) is 9.59 Å². The molecule has 1 atom stereocenters. The second-order valence-electron chi connectivity index (χ2n) is 5.06. The van der Waals surface area contributed by atoms with Crippen molar-refractivity contribution in [3.8, 4) is 0 Å². The number of nitrogens with one attached hydrogen (secondary N) is 2. The Morgan fingerprint density at radius 1 is 1.39 bits per heavy atom. The van der Waals surface area contributed by atoms with Crippen LogP contribution in [0.3, 0.4) is 0 Å². The van der Waals surface area contributed by atoms with E-state index in [-0.39, 0.29) is 18.2 Å². The minimum atomic E-state index is -0.441. The number of aryl methyl sites for hydroxylation is 1. The number of thiophene rings is 1. The predicted octanol–water partition coefficient (Wildman–Crippen LogP) is 3.01. The van der Waals surface area contributed by atoms with Gasteiger partial charge in [0.15, 0.2) is 0 Å². The number of thioether (sulfide) groups is 1. The van der Waals surface area contributed by atoms with Crippen molar-refractivity contribution in [1.82, 2.24) is 5.43 Å². The molecule has 0 saturated carbocycles. The quantitative estimate of drug-likeness (QED) is 0.661. The number of carbonyl (C=O) groups is 2. The molecule has 118 valence electrons. The maximum absolute atomic E-state index is 12.0. The van der Waals surface area contributed by atoms with E-state index in [1.54, 1.807) is 17.6 Å². The van der Waals surface area contributed by atoms with E-state index in [1.165, 1.54) is 11.8 Å². The van der Waals surface area contributed by atoms with E-state index < -0.39 is 5.25 Å². The van der Waals surface area contributed by atoms with Crippen LogP contribution in [-0.2, 0) is 9.59 Å². The van der Waals surface area contributed by atoms with E-state index in [4.69, 9.17) is 0 Å². The summed E-state index contributed by atoms with van der Waals surface area (Å²) in [6, 6.07) is 9.56. The molecule has 0 saturated heterocycles. The Morgan fingerprint density at radius 3 is 3.00 bits per heavy atom. The molecule has 2 N–H and O–H groups in total. The van der Waals surface area contributed by atoms with Crippen LogP contribution in [0.2, 0.25) is 0 Å². The van der Waals surface area contributed by atoms with Crippen molar-refractivity contribution in [2.75, 3.05) is 5.32 Å². The van der Waals surface area contributed by atoms with Gasteiger partial charge < -0.3 is 5.32 Å². The van der Waals surface area contributed by atoms with Gasteiger partial charge >= 0.3 is 0 Å². The van der Waals surface area contributed by atoms with E-state index in [2.05, 4.69) is 15.8 Å². The fraction of sp³-hybridized carbons (Fsp3) is 0.188. The molecule has 2 amide bonds. The number of anilines is 1. The van der Waals surface area contributed by atoms with Gasteiger partial charge in [0.1, 0.15) is 0 Å². The van der Waals surface area contributed by atoms with Crippen LogP contribution in [0.25, 0.3) is 0 Å². The highest BCUT2D eigenvalue weighted by Crippen LogP contribution is 2.36. The normalized spacial score (nSPS) is 16.9. The number of benzene rings is 1. The molecule has 1 aliphatic rings. The van der Waals surface area contributed by atoms with E-state index in [9.17, 15) is 9.59 Å². The minimum absolute atomic E-state index is 0.0889. The van der Waals surface area contributed by atoms with Gasteiger partial charge in [0, 0.05) is 16.2 Å². The number of hydrogen-bond acceptors (Lipinski definition) is 5. The molecule has 1 aliphatic heterocycles. The summed E-state index contributed by atoms with van der Waals surface area (Å²) in [7, 11) is 0. The Kier molecular flexibility index (Phi) is 4.78. The van der Waals surface area contributed by atoms with E-state index in [0.717, 1.165) is 21.0 Å². The number of nitrogens with zero attached hydrogens (tertiary/aromatic N) is 1. The van der Waals surface area contributed by atoms with Gasteiger partial charge in [-0.05, 0) is 36.1 Å². The molecule has 1 aromatic heterocycles. The first-order valence-corrected chi connectivity index (χ1v) is 8.82. The first-order chi connectivity index (χ1) is 11.1. The van der Waals surface area contributed by atoms with Crippen molar-refractivity contribution < 1.29 is 9.59 Å². The third kappa shape index (κ3) is 3.80. The molecule has 0 radical (unpaired) electrons. The largest absolute Gasteiger partial charge is 0.324 e. The number of rotatable bonds is 4. The molecule has 23 heavy (non-hydrogen) atoms. The van der Waals surface area contributed by atoms with Crippen molar-refractivity contribution in [2.24, 2.45) is 5.10 Å². The van der Waals surface area contributed by atoms with E-state index in [0.29, 0.717) is 0 Å². The second kappa shape index (κ2) is 6.97. The average molecular weight is 345 g/mol. The van der Waals surface area contributed by atoms with Crippen LogP contribution in [-0.4, -0.2) is 23.3 Å². The maximum Gasteiger partial charge on any atom is 0.241 e. The van der Waals surface area contributed by atoms with Crippen molar-refractivity contribution in [1.29, 1.82) is 0 Å². The zero-order valence-electron chi connectivity index (χ0n) is 12.4. The summed E-state index contributed by atoms with van der Waals surface area (Å²) in [5, 5.41) is 8.31. The van der Waals surface area contributed by atoms with Crippen LogP contribution in [0.5, 0.6) is 0 Å². The highest BCUT2D eigenvalue weighted by Gasteiger charge is 2.28. The van der Waals surface area contributed by atoms with Crippen LogP contribution in [0.15, 0.2) is 45.7 Å². The van der Waals surface area contributed by atoms with Gasteiger partial charge in [-0.25, -0.2) is 5.43 Å². The lowest BCUT2D eigenvalue weighted by Crippen LogP contribution is -2.33. The summed E-state index contributed by atoms with van der Waals surface area (Å²) >= 11 is 2.97. The molecule has 1 aromatic carbocycles. The summed E-state index contributed by atoms with van der Waals surface area (Å²) in [5.74, 6) is -0.426. The number of carbonyl (C=O) groups excluding carboxylic acids is 2. The lowest BCUT2D eigenvalue weighted by molar-refractivity contribution is -0.124.